The van der Waals surface area contributed by atoms with Gasteiger partial charge in [-0.3, -0.25) is 9.80 Å². The molecule has 0 aliphatic heterocycles. The molecule has 0 aliphatic rings. The van der Waals surface area contributed by atoms with E-state index in [1.54, 1.807) is 41.8 Å². The number of nitrogens with zero attached hydrogens (tertiary/aromatic N) is 3. The number of aromatic nitrogens is 3. The molecule has 0 aliphatic carbocycles. The number of aliphatic imine (C=N–C) groups is 1. The van der Waals surface area contributed by atoms with Crippen LogP contribution in [0.1, 0.15) is 16.1 Å². The number of nitrogens with one attached hydrogen (secondary N) is 3. The van der Waals surface area contributed by atoms with Gasteiger partial charge in [0, 0.05) is 47.0 Å². The normalized spacial score (nSPS) is 11.3. The Morgan fingerprint density at radius 1 is 1.21 bits per heavy atom. The Balaban J connectivity index is 1.57. The van der Waals surface area contributed by atoms with Crippen LogP contribution in [-0.2, 0) is 6.42 Å². The van der Waals surface area contributed by atoms with Crippen LogP contribution in [0.5, 0.6) is 0 Å². The summed E-state index contributed by atoms with van der Waals surface area (Å²) in [5.41, 5.74) is 6.57. The largest absolute Gasteiger partial charge is 0.359 e. The number of hydrogen-bond donors (Lipinski definition) is 3. The standard InChI is InChI=1S/C21H19ClN6O/c22-17-5-1-4-16(11-17)21(29)26-14-28(27-10-8-18-12-23-13-25-18)19-6-2-3-15-7-9-24-20(15)19/h1-7,9,11-14,24,27H,8,10H2,(H,23,25). The van der Waals surface area contributed by atoms with E-state index in [-0.39, 0.29) is 5.91 Å². The molecule has 2 aromatic heterocycles. The van der Waals surface area contributed by atoms with Crippen LogP contribution in [0.4, 0.5) is 5.69 Å². The molecule has 0 unspecified atom stereocenters. The van der Waals surface area contributed by atoms with Crippen molar-refractivity contribution < 1.29 is 4.79 Å². The van der Waals surface area contributed by atoms with Gasteiger partial charge in [0.05, 0.1) is 17.5 Å². The van der Waals surface area contributed by atoms with E-state index in [0.717, 1.165) is 28.7 Å². The molecule has 7 nitrogen and oxygen atoms in total. The van der Waals surface area contributed by atoms with Gasteiger partial charge < -0.3 is 9.97 Å². The minimum absolute atomic E-state index is 0.369. The van der Waals surface area contributed by atoms with E-state index in [9.17, 15) is 4.79 Å². The van der Waals surface area contributed by atoms with Crippen molar-refractivity contribution in [3.05, 3.63) is 83.5 Å². The molecule has 4 rings (SSSR count). The molecule has 0 bridgehead atoms. The zero-order valence-corrected chi connectivity index (χ0v) is 16.2. The number of imidazole rings is 1. The van der Waals surface area contributed by atoms with Crippen molar-refractivity contribution in [1.82, 2.24) is 20.4 Å². The van der Waals surface area contributed by atoms with Crippen LogP contribution in [0.2, 0.25) is 5.02 Å². The third-order valence-electron chi connectivity index (χ3n) is 4.42. The van der Waals surface area contributed by atoms with Crippen LogP contribution in [0, 0.1) is 0 Å². The zero-order valence-electron chi connectivity index (χ0n) is 15.5. The van der Waals surface area contributed by atoms with E-state index in [1.165, 1.54) is 6.34 Å². The number of rotatable bonds is 7. The predicted octanol–water partition coefficient (Wildman–Crippen LogP) is 3.97. The lowest BCUT2D eigenvalue weighted by Crippen LogP contribution is -2.38. The van der Waals surface area contributed by atoms with Crippen LogP contribution in [-0.4, -0.2) is 33.7 Å². The second kappa shape index (κ2) is 8.72. The molecule has 29 heavy (non-hydrogen) atoms. The van der Waals surface area contributed by atoms with Crippen LogP contribution < -0.4 is 10.4 Å². The van der Waals surface area contributed by atoms with Crippen molar-refractivity contribution in [3.8, 4) is 0 Å². The van der Waals surface area contributed by atoms with Crippen LogP contribution in [0.3, 0.4) is 0 Å². The second-order valence-corrected chi connectivity index (χ2v) is 6.82. The lowest BCUT2D eigenvalue weighted by atomic mass is 10.2. The maximum atomic E-state index is 12.5. The number of amides is 1. The first-order valence-electron chi connectivity index (χ1n) is 9.11. The molecular formula is C21H19ClN6O. The number of carbonyl (C=O) groups excluding carboxylic acids is 1. The number of halogens is 1. The summed E-state index contributed by atoms with van der Waals surface area (Å²) in [4.78, 5) is 26.9. The quantitative estimate of drug-likeness (QED) is 0.246. The summed E-state index contributed by atoms with van der Waals surface area (Å²) in [5.74, 6) is -0.369. The van der Waals surface area contributed by atoms with E-state index in [1.807, 2.05) is 30.5 Å². The highest BCUT2D eigenvalue weighted by atomic mass is 35.5. The zero-order chi connectivity index (χ0) is 20.1. The van der Waals surface area contributed by atoms with Crippen LogP contribution in [0.15, 0.2) is 72.2 Å². The van der Waals surface area contributed by atoms with Gasteiger partial charge in [0.15, 0.2) is 0 Å². The van der Waals surface area contributed by atoms with E-state index < -0.39 is 0 Å². The lowest BCUT2D eigenvalue weighted by Gasteiger charge is -2.21. The number of benzene rings is 2. The first-order valence-corrected chi connectivity index (χ1v) is 9.49. The van der Waals surface area contributed by atoms with Gasteiger partial charge >= 0.3 is 0 Å². The van der Waals surface area contributed by atoms with Gasteiger partial charge in [0.1, 0.15) is 6.34 Å². The van der Waals surface area contributed by atoms with Gasteiger partial charge in [-0.2, -0.15) is 4.99 Å². The molecule has 0 atom stereocenters. The topological polar surface area (TPSA) is 89.2 Å². The fraction of sp³-hybridized carbons (Fsp3) is 0.0952. The maximum absolute atomic E-state index is 12.5. The number of hydrazine groups is 1. The Labute approximate surface area is 172 Å². The summed E-state index contributed by atoms with van der Waals surface area (Å²) in [6.45, 7) is 0.622. The van der Waals surface area contributed by atoms with Gasteiger partial charge in [-0.15, -0.1) is 0 Å². The van der Waals surface area contributed by atoms with Crippen molar-refractivity contribution in [2.24, 2.45) is 4.99 Å². The van der Waals surface area contributed by atoms with Crippen molar-refractivity contribution in [3.63, 3.8) is 0 Å². The number of hydrogen-bond acceptors (Lipinski definition) is 3. The molecule has 1 amide bonds. The van der Waals surface area contributed by atoms with Gasteiger partial charge in [0.2, 0.25) is 0 Å². The predicted molar refractivity (Wildman–Crippen MR) is 115 cm³/mol. The molecule has 0 radical (unpaired) electrons. The Kier molecular flexibility index (Phi) is 5.69. The summed E-state index contributed by atoms with van der Waals surface area (Å²) in [7, 11) is 0. The second-order valence-electron chi connectivity index (χ2n) is 6.38. The molecule has 0 saturated carbocycles. The number of fused-ring (bicyclic) bond motifs is 1. The van der Waals surface area contributed by atoms with Crippen LogP contribution >= 0.6 is 11.6 Å². The average molecular weight is 407 g/mol. The summed E-state index contributed by atoms with van der Waals surface area (Å²) in [5, 5.41) is 3.31. The highest BCUT2D eigenvalue weighted by Crippen LogP contribution is 2.24. The molecule has 0 saturated heterocycles. The smallest absolute Gasteiger partial charge is 0.278 e. The SMILES string of the molecule is O=C(N=CN(NCCc1cnc[nH]1)c1cccc2cc[nH]c12)c1cccc(Cl)c1. The van der Waals surface area contributed by atoms with Gasteiger partial charge in [-0.25, -0.2) is 10.4 Å². The van der Waals surface area contributed by atoms with Crippen LogP contribution in [0.25, 0.3) is 10.9 Å². The molecular weight excluding hydrogens is 388 g/mol. The lowest BCUT2D eigenvalue weighted by molar-refractivity contribution is 0.100. The number of H-pyrrole nitrogens is 2. The number of carbonyl (C=O) groups is 1. The minimum atomic E-state index is -0.369. The molecule has 146 valence electrons. The molecule has 4 aromatic rings. The monoisotopic (exact) mass is 406 g/mol. The maximum Gasteiger partial charge on any atom is 0.278 e. The summed E-state index contributed by atoms with van der Waals surface area (Å²) in [6, 6.07) is 14.7. The number of aromatic amines is 2. The first-order chi connectivity index (χ1) is 14.2. The molecule has 8 heteroatoms. The molecule has 0 fully saturated rings. The Morgan fingerprint density at radius 3 is 2.93 bits per heavy atom. The summed E-state index contributed by atoms with van der Waals surface area (Å²) >= 11 is 5.98. The third-order valence-corrected chi connectivity index (χ3v) is 4.65. The highest BCUT2D eigenvalue weighted by Gasteiger charge is 2.11. The molecule has 2 heterocycles. The molecule has 2 aromatic carbocycles. The van der Waals surface area contributed by atoms with E-state index >= 15 is 0 Å². The summed E-state index contributed by atoms with van der Waals surface area (Å²) in [6.07, 6.45) is 7.55. The van der Waals surface area contributed by atoms with E-state index in [2.05, 4.69) is 25.4 Å². The van der Waals surface area contributed by atoms with E-state index in [4.69, 9.17) is 11.6 Å². The third kappa shape index (κ3) is 4.53. The highest BCUT2D eigenvalue weighted by molar-refractivity contribution is 6.31. The fourth-order valence-corrected chi connectivity index (χ4v) is 3.19. The first kappa shape index (κ1) is 18.9. The summed E-state index contributed by atoms with van der Waals surface area (Å²) < 4.78 is 0. The fourth-order valence-electron chi connectivity index (χ4n) is 3.00. The van der Waals surface area contributed by atoms with E-state index in [0.29, 0.717) is 17.1 Å². The van der Waals surface area contributed by atoms with Gasteiger partial charge in [-0.1, -0.05) is 29.8 Å². The van der Waals surface area contributed by atoms with Gasteiger partial charge in [-0.05, 0) is 30.3 Å². The van der Waals surface area contributed by atoms with Gasteiger partial charge in [0.25, 0.3) is 5.91 Å². The van der Waals surface area contributed by atoms with Crippen molar-refractivity contribution in [2.75, 3.05) is 11.6 Å². The van der Waals surface area contributed by atoms with Crippen molar-refractivity contribution in [1.29, 1.82) is 0 Å². The molecule has 0 spiro atoms. The van der Waals surface area contributed by atoms with Crippen molar-refractivity contribution in [2.45, 2.75) is 6.42 Å². The Bertz CT molecular complexity index is 1140. The average Bonchev–Trinajstić information content (AvgIpc) is 3.42. The Morgan fingerprint density at radius 2 is 2.10 bits per heavy atom. The molecule has 3 N–H and O–H groups in total. The Hall–Kier alpha value is -3.42. The number of para-hydroxylation sites is 1. The number of anilines is 1. The van der Waals surface area contributed by atoms with Crippen molar-refractivity contribution >= 4 is 40.4 Å². The minimum Gasteiger partial charge on any atom is -0.359 e.